The van der Waals surface area contributed by atoms with E-state index < -0.39 is 11.4 Å². The normalized spacial score (nSPS) is 12.2. The quantitative estimate of drug-likeness (QED) is 0.267. The fourth-order valence-electron chi connectivity index (χ4n) is 1.82. The van der Waals surface area contributed by atoms with Gasteiger partial charge in [0.2, 0.25) is 5.56 Å². The second kappa shape index (κ2) is 6.03. The highest BCUT2D eigenvalue weighted by atomic mass is 16.4. The maximum absolute atomic E-state index is 12.1. The number of nitrogens with one attached hydrogen (secondary N) is 2. The number of nitrogens with zero attached hydrogens (tertiary/aromatic N) is 1. The number of carbonyl (C=O) groups excluding carboxylic acids is 1. The van der Waals surface area contributed by atoms with Crippen LogP contribution in [0.1, 0.15) is 37.0 Å². The lowest BCUT2D eigenvalue weighted by atomic mass is 9.91. The molecule has 0 bridgehead atoms. The van der Waals surface area contributed by atoms with Crippen LogP contribution in [0, 0.1) is 0 Å². The lowest BCUT2D eigenvalue weighted by molar-refractivity contribution is 0.0917. The number of pyridine rings is 1. The van der Waals surface area contributed by atoms with Crippen molar-refractivity contribution in [2.45, 2.75) is 32.2 Å². The number of amides is 1. The number of hydrogen-bond donors (Lipinski definition) is 4. The van der Waals surface area contributed by atoms with E-state index in [1.54, 1.807) is 0 Å². The van der Waals surface area contributed by atoms with E-state index in [9.17, 15) is 9.59 Å². The Hall–Kier alpha value is -2.31. The molecular formula is C12H18N4O3. The van der Waals surface area contributed by atoms with Crippen molar-refractivity contribution in [3.05, 3.63) is 34.2 Å². The first-order chi connectivity index (χ1) is 8.99. The molecule has 1 heterocycles. The maximum Gasteiger partial charge on any atom is 0.252 e. The predicted molar refractivity (Wildman–Crippen MR) is 71.3 cm³/mol. The Morgan fingerprint density at radius 2 is 2.16 bits per heavy atom. The van der Waals surface area contributed by atoms with Gasteiger partial charge in [-0.2, -0.15) is 0 Å². The molecule has 0 fully saturated rings. The van der Waals surface area contributed by atoms with Crippen LogP contribution in [0.3, 0.4) is 0 Å². The molecule has 1 aromatic rings. The number of oxime groups is 1. The van der Waals surface area contributed by atoms with E-state index in [1.807, 2.05) is 13.8 Å². The Bertz CT molecular complexity index is 532. The fourth-order valence-corrected chi connectivity index (χ4v) is 1.82. The highest BCUT2D eigenvalue weighted by molar-refractivity contribution is 6.00. The van der Waals surface area contributed by atoms with Crippen molar-refractivity contribution in [3.8, 4) is 0 Å². The van der Waals surface area contributed by atoms with E-state index in [0.29, 0.717) is 12.8 Å². The van der Waals surface area contributed by atoms with Crippen LogP contribution >= 0.6 is 0 Å². The molecule has 1 rings (SSSR count). The summed E-state index contributed by atoms with van der Waals surface area (Å²) in [6.45, 7) is 3.64. The summed E-state index contributed by atoms with van der Waals surface area (Å²) in [5, 5.41) is 14.5. The third-order valence-corrected chi connectivity index (χ3v) is 3.20. The van der Waals surface area contributed by atoms with Crippen molar-refractivity contribution >= 4 is 11.7 Å². The van der Waals surface area contributed by atoms with Crippen molar-refractivity contribution in [2.24, 2.45) is 10.9 Å². The molecule has 0 aliphatic rings. The van der Waals surface area contributed by atoms with E-state index in [2.05, 4.69) is 15.5 Å². The number of rotatable bonds is 5. The summed E-state index contributed by atoms with van der Waals surface area (Å²) in [4.78, 5) is 25.7. The van der Waals surface area contributed by atoms with Crippen molar-refractivity contribution in [1.29, 1.82) is 0 Å². The minimum Gasteiger partial charge on any atom is -0.409 e. The Labute approximate surface area is 110 Å². The molecule has 0 unspecified atom stereocenters. The van der Waals surface area contributed by atoms with Gasteiger partial charge in [0.05, 0.1) is 0 Å². The molecule has 7 heteroatoms. The highest BCUT2D eigenvalue weighted by Crippen LogP contribution is 2.16. The molecule has 5 N–H and O–H groups in total. The minimum absolute atomic E-state index is 0.0595. The molecule has 0 atom stereocenters. The van der Waals surface area contributed by atoms with Crippen molar-refractivity contribution in [1.82, 2.24) is 10.3 Å². The second-order valence-corrected chi connectivity index (χ2v) is 4.17. The zero-order valence-electron chi connectivity index (χ0n) is 10.9. The Balaban J connectivity index is 3.04. The number of aromatic amines is 1. The van der Waals surface area contributed by atoms with Gasteiger partial charge in [0.1, 0.15) is 5.54 Å². The molecule has 1 aromatic heterocycles. The summed E-state index contributed by atoms with van der Waals surface area (Å²) in [6, 6.07) is 2.68. The summed E-state index contributed by atoms with van der Waals surface area (Å²) in [5.74, 6) is -0.503. The molecule has 19 heavy (non-hydrogen) atoms. The third-order valence-electron chi connectivity index (χ3n) is 3.20. The smallest absolute Gasteiger partial charge is 0.252 e. The summed E-state index contributed by atoms with van der Waals surface area (Å²) in [6.07, 6.45) is 2.32. The Morgan fingerprint density at radius 1 is 1.53 bits per heavy atom. The standard InChI is InChI=1S/C12H18N4O3/c1-3-12(4-2,11(13)16-19)15-10(18)8-5-6-14-9(17)7-8/h5-7,19H,3-4H2,1-2H3,(H2,13,16)(H,14,17)(H,15,18). The zero-order chi connectivity index (χ0) is 14.5. The SMILES string of the molecule is CCC(CC)(NC(=O)c1cc[nH]c(=O)c1)/C(N)=N/O. The zero-order valence-corrected chi connectivity index (χ0v) is 10.9. The molecular weight excluding hydrogens is 248 g/mol. The van der Waals surface area contributed by atoms with Crippen molar-refractivity contribution in [3.63, 3.8) is 0 Å². The molecule has 7 nitrogen and oxygen atoms in total. The minimum atomic E-state index is -0.922. The van der Waals surface area contributed by atoms with Crippen LogP contribution < -0.4 is 16.6 Å². The van der Waals surface area contributed by atoms with Gasteiger partial charge in [0, 0.05) is 17.8 Å². The number of hydrogen-bond acceptors (Lipinski definition) is 4. The van der Waals surface area contributed by atoms with Crippen molar-refractivity contribution in [2.75, 3.05) is 0 Å². The predicted octanol–water partition coefficient (Wildman–Crippen LogP) is 0.410. The second-order valence-electron chi connectivity index (χ2n) is 4.17. The van der Waals surface area contributed by atoms with Gasteiger partial charge in [-0.1, -0.05) is 19.0 Å². The third kappa shape index (κ3) is 3.12. The van der Waals surface area contributed by atoms with Crippen molar-refractivity contribution < 1.29 is 10.0 Å². The molecule has 0 saturated carbocycles. The van der Waals surface area contributed by atoms with E-state index >= 15 is 0 Å². The van der Waals surface area contributed by atoms with Gasteiger partial charge in [-0.05, 0) is 18.9 Å². The molecule has 0 spiro atoms. The summed E-state index contributed by atoms with van der Waals surface area (Å²) in [7, 11) is 0. The molecule has 0 aliphatic heterocycles. The summed E-state index contributed by atoms with van der Waals surface area (Å²) in [5.41, 5.74) is 4.58. The van der Waals surface area contributed by atoms with Crippen LogP contribution in [-0.4, -0.2) is 27.5 Å². The number of amidine groups is 1. The van der Waals surface area contributed by atoms with Gasteiger partial charge in [-0.15, -0.1) is 0 Å². The summed E-state index contributed by atoms with van der Waals surface area (Å²) < 4.78 is 0. The molecule has 0 aliphatic carbocycles. The maximum atomic E-state index is 12.1. The van der Waals surface area contributed by atoms with E-state index in [-0.39, 0.29) is 17.0 Å². The van der Waals surface area contributed by atoms with Gasteiger partial charge < -0.3 is 21.2 Å². The van der Waals surface area contributed by atoms with E-state index in [4.69, 9.17) is 10.9 Å². The van der Waals surface area contributed by atoms with Crippen LogP contribution in [0.25, 0.3) is 0 Å². The number of aromatic nitrogens is 1. The van der Waals surface area contributed by atoms with Gasteiger partial charge in [0.25, 0.3) is 5.91 Å². The largest absolute Gasteiger partial charge is 0.409 e. The van der Waals surface area contributed by atoms with Gasteiger partial charge in [-0.3, -0.25) is 9.59 Å². The Kier molecular flexibility index (Phi) is 4.68. The lowest BCUT2D eigenvalue weighted by Crippen LogP contribution is -2.56. The van der Waals surface area contributed by atoms with Crippen LogP contribution in [0.5, 0.6) is 0 Å². The van der Waals surface area contributed by atoms with E-state index in [0.717, 1.165) is 0 Å². The first-order valence-electron chi connectivity index (χ1n) is 5.98. The van der Waals surface area contributed by atoms with Gasteiger partial charge in [0.15, 0.2) is 5.84 Å². The average molecular weight is 266 g/mol. The molecule has 104 valence electrons. The van der Waals surface area contributed by atoms with Gasteiger partial charge in [-0.25, -0.2) is 0 Å². The molecule has 1 amide bonds. The highest BCUT2D eigenvalue weighted by Gasteiger charge is 2.33. The molecule has 0 saturated heterocycles. The molecule has 0 radical (unpaired) electrons. The van der Waals surface area contributed by atoms with Crippen LogP contribution in [0.2, 0.25) is 0 Å². The topological polar surface area (TPSA) is 121 Å². The lowest BCUT2D eigenvalue weighted by Gasteiger charge is -2.31. The number of carbonyl (C=O) groups is 1. The van der Waals surface area contributed by atoms with Crippen LogP contribution in [0.4, 0.5) is 0 Å². The molecule has 0 aromatic carbocycles. The number of nitrogens with two attached hydrogens (primary N) is 1. The average Bonchev–Trinajstić information content (AvgIpc) is 2.43. The van der Waals surface area contributed by atoms with Crippen LogP contribution in [-0.2, 0) is 0 Å². The van der Waals surface area contributed by atoms with Gasteiger partial charge >= 0.3 is 0 Å². The first kappa shape index (κ1) is 14.7. The first-order valence-corrected chi connectivity index (χ1v) is 5.98. The summed E-state index contributed by atoms with van der Waals surface area (Å²) >= 11 is 0. The van der Waals surface area contributed by atoms with Crippen LogP contribution in [0.15, 0.2) is 28.3 Å². The number of H-pyrrole nitrogens is 1. The monoisotopic (exact) mass is 266 g/mol. The fraction of sp³-hybridized carbons (Fsp3) is 0.417. The Morgan fingerprint density at radius 3 is 2.63 bits per heavy atom. The van der Waals surface area contributed by atoms with E-state index in [1.165, 1.54) is 18.3 Å².